The molecular formula is C15H25ClN2OS. The van der Waals surface area contributed by atoms with Crippen molar-refractivity contribution in [2.75, 3.05) is 44.2 Å². The van der Waals surface area contributed by atoms with E-state index in [-0.39, 0.29) is 0 Å². The molecule has 0 fully saturated rings. The van der Waals surface area contributed by atoms with Gasteiger partial charge in [0.15, 0.2) is 0 Å². The van der Waals surface area contributed by atoms with Crippen LogP contribution in [0.25, 0.3) is 0 Å². The van der Waals surface area contributed by atoms with E-state index in [1.54, 1.807) is 7.11 Å². The number of thioether (sulfide) groups is 1. The van der Waals surface area contributed by atoms with Gasteiger partial charge < -0.3 is 15.0 Å². The summed E-state index contributed by atoms with van der Waals surface area (Å²) in [6.45, 7) is 4.54. The first-order valence-corrected chi connectivity index (χ1v) is 8.57. The Morgan fingerprint density at radius 2 is 2.20 bits per heavy atom. The van der Waals surface area contributed by atoms with Crippen molar-refractivity contribution in [3.8, 4) is 0 Å². The highest BCUT2D eigenvalue weighted by Crippen LogP contribution is 2.24. The van der Waals surface area contributed by atoms with E-state index in [0.29, 0.717) is 12.6 Å². The number of rotatable bonds is 9. The highest BCUT2D eigenvalue weighted by molar-refractivity contribution is 7.98. The third-order valence-corrected chi connectivity index (χ3v) is 4.48. The van der Waals surface area contributed by atoms with E-state index in [1.165, 1.54) is 0 Å². The van der Waals surface area contributed by atoms with E-state index < -0.39 is 0 Å². The minimum atomic E-state index is 0.492. The molecule has 0 heterocycles. The molecular weight excluding hydrogens is 292 g/mol. The predicted molar refractivity (Wildman–Crippen MR) is 91.3 cm³/mol. The van der Waals surface area contributed by atoms with Crippen LogP contribution in [0.15, 0.2) is 18.2 Å². The van der Waals surface area contributed by atoms with Crippen molar-refractivity contribution >= 4 is 29.1 Å². The summed E-state index contributed by atoms with van der Waals surface area (Å²) in [6.07, 6.45) is 2.13. The molecule has 5 heteroatoms. The standard InChI is InChI=1S/C15H25ClN2OS/c1-12(11-20-4)18(2)14-6-5-13(15(16)9-14)10-17-7-8-19-3/h5-6,9,12,17H,7-8,10-11H2,1-4H3. The fourth-order valence-electron chi connectivity index (χ4n) is 1.90. The minimum Gasteiger partial charge on any atom is -0.383 e. The Morgan fingerprint density at radius 1 is 1.45 bits per heavy atom. The van der Waals surface area contributed by atoms with Crippen molar-refractivity contribution in [3.05, 3.63) is 28.8 Å². The average Bonchev–Trinajstić information content (AvgIpc) is 2.44. The highest BCUT2D eigenvalue weighted by atomic mass is 35.5. The first-order valence-electron chi connectivity index (χ1n) is 6.80. The second-order valence-corrected chi connectivity index (χ2v) is 6.18. The number of methoxy groups -OCH3 is 1. The largest absolute Gasteiger partial charge is 0.383 e. The van der Waals surface area contributed by atoms with Gasteiger partial charge in [-0.25, -0.2) is 0 Å². The fraction of sp³-hybridized carbons (Fsp3) is 0.600. The van der Waals surface area contributed by atoms with Gasteiger partial charge in [0.1, 0.15) is 0 Å². The quantitative estimate of drug-likeness (QED) is 0.707. The van der Waals surface area contributed by atoms with Gasteiger partial charge in [0, 0.05) is 49.8 Å². The van der Waals surface area contributed by atoms with Crippen molar-refractivity contribution in [3.63, 3.8) is 0 Å². The first kappa shape index (κ1) is 17.6. The number of ether oxygens (including phenoxy) is 1. The molecule has 0 spiro atoms. The van der Waals surface area contributed by atoms with Crippen LogP contribution in [0.5, 0.6) is 0 Å². The minimum absolute atomic E-state index is 0.492. The SMILES string of the molecule is COCCNCc1ccc(N(C)C(C)CSC)cc1Cl. The number of hydrogen-bond donors (Lipinski definition) is 1. The molecule has 20 heavy (non-hydrogen) atoms. The van der Waals surface area contributed by atoms with Gasteiger partial charge in [0.05, 0.1) is 6.61 Å². The molecule has 3 nitrogen and oxygen atoms in total. The molecule has 114 valence electrons. The van der Waals surface area contributed by atoms with Crippen LogP contribution in [-0.4, -0.2) is 45.4 Å². The monoisotopic (exact) mass is 316 g/mol. The summed E-state index contributed by atoms with van der Waals surface area (Å²) < 4.78 is 5.01. The molecule has 1 aromatic carbocycles. The molecule has 1 aromatic rings. The average molecular weight is 317 g/mol. The van der Waals surface area contributed by atoms with Crippen LogP contribution < -0.4 is 10.2 Å². The van der Waals surface area contributed by atoms with Crippen molar-refractivity contribution in [2.45, 2.75) is 19.5 Å². The molecule has 0 aliphatic carbocycles. The molecule has 0 saturated heterocycles. The van der Waals surface area contributed by atoms with Gasteiger partial charge in [-0.05, 0) is 30.9 Å². The smallest absolute Gasteiger partial charge is 0.0587 e. The van der Waals surface area contributed by atoms with E-state index in [2.05, 4.69) is 42.6 Å². The summed E-state index contributed by atoms with van der Waals surface area (Å²) >= 11 is 8.22. The van der Waals surface area contributed by atoms with Gasteiger partial charge in [-0.3, -0.25) is 0 Å². The summed E-state index contributed by atoms with van der Waals surface area (Å²) in [4.78, 5) is 2.27. The van der Waals surface area contributed by atoms with Crippen LogP contribution in [0, 0.1) is 0 Å². The lowest BCUT2D eigenvalue weighted by Gasteiger charge is -2.27. The molecule has 0 aliphatic rings. The topological polar surface area (TPSA) is 24.5 Å². The summed E-state index contributed by atoms with van der Waals surface area (Å²) in [5, 5.41) is 4.12. The summed E-state index contributed by atoms with van der Waals surface area (Å²) in [5.74, 6) is 1.11. The van der Waals surface area contributed by atoms with Gasteiger partial charge in [0.25, 0.3) is 0 Å². The van der Waals surface area contributed by atoms with Crippen LogP contribution in [0.3, 0.4) is 0 Å². The van der Waals surface area contributed by atoms with Crippen LogP contribution in [0.2, 0.25) is 5.02 Å². The third kappa shape index (κ3) is 5.52. The van der Waals surface area contributed by atoms with Crippen molar-refractivity contribution in [1.82, 2.24) is 5.32 Å². The lowest BCUT2D eigenvalue weighted by Crippen LogP contribution is -2.30. The Labute approximate surface area is 132 Å². The lowest BCUT2D eigenvalue weighted by molar-refractivity contribution is 0.199. The molecule has 0 radical (unpaired) electrons. The van der Waals surface area contributed by atoms with Crippen LogP contribution in [0.1, 0.15) is 12.5 Å². The Kier molecular flexibility index (Phi) is 8.38. The number of nitrogens with zero attached hydrogens (tertiary/aromatic N) is 1. The molecule has 0 saturated carbocycles. The second-order valence-electron chi connectivity index (χ2n) is 4.86. The Morgan fingerprint density at radius 3 is 2.80 bits per heavy atom. The Hall–Kier alpha value is -0.420. The number of halogens is 1. The van der Waals surface area contributed by atoms with Crippen molar-refractivity contribution < 1.29 is 4.74 Å². The van der Waals surface area contributed by atoms with Crippen LogP contribution in [-0.2, 0) is 11.3 Å². The summed E-state index contributed by atoms with van der Waals surface area (Å²) in [5.41, 5.74) is 2.29. The highest BCUT2D eigenvalue weighted by Gasteiger charge is 2.11. The zero-order valence-electron chi connectivity index (χ0n) is 12.8. The first-order chi connectivity index (χ1) is 9.60. The maximum absolute atomic E-state index is 6.36. The second kappa shape index (κ2) is 9.50. The normalized spacial score (nSPS) is 12.4. The van der Waals surface area contributed by atoms with Gasteiger partial charge in [-0.1, -0.05) is 17.7 Å². The van der Waals surface area contributed by atoms with E-state index in [0.717, 1.165) is 35.1 Å². The van der Waals surface area contributed by atoms with Crippen LogP contribution >= 0.6 is 23.4 Å². The van der Waals surface area contributed by atoms with E-state index in [9.17, 15) is 0 Å². The van der Waals surface area contributed by atoms with Crippen molar-refractivity contribution in [1.29, 1.82) is 0 Å². The Balaban J connectivity index is 2.62. The third-order valence-electron chi connectivity index (χ3n) is 3.31. The Bertz CT molecular complexity index is 403. The fourth-order valence-corrected chi connectivity index (χ4v) is 2.85. The van der Waals surface area contributed by atoms with Gasteiger partial charge in [-0.2, -0.15) is 11.8 Å². The summed E-state index contributed by atoms with van der Waals surface area (Å²) in [6, 6.07) is 6.77. The summed E-state index contributed by atoms with van der Waals surface area (Å²) in [7, 11) is 3.82. The lowest BCUT2D eigenvalue weighted by atomic mass is 10.1. The maximum Gasteiger partial charge on any atom is 0.0587 e. The van der Waals surface area contributed by atoms with E-state index in [1.807, 2.05) is 17.8 Å². The number of hydrogen-bond acceptors (Lipinski definition) is 4. The molecule has 0 amide bonds. The van der Waals surface area contributed by atoms with Gasteiger partial charge in [-0.15, -0.1) is 0 Å². The number of benzene rings is 1. The van der Waals surface area contributed by atoms with Gasteiger partial charge in [0.2, 0.25) is 0 Å². The molecule has 0 bridgehead atoms. The van der Waals surface area contributed by atoms with Crippen LogP contribution in [0.4, 0.5) is 5.69 Å². The molecule has 1 atom stereocenters. The maximum atomic E-state index is 6.36. The van der Waals surface area contributed by atoms with E-state index >= 15 is 0 Å². The molecule has 1 N–H and O–H groups in total. The molecule has 0 aliphatic heterocycles. The molecule has 0 aromatic heterocycles. The zero-order valence-corrected chi connectivity index (χ0v) is 14.4. The number of nitrogens with one attached hydrogen (secondary N) is 1. The molecule has 1 unspecified atom stereocenters. The number of anilines is 1. The van der Waals surface area contributed by atoms with Gasteiger partial charge >= 0.3 is 0 Å². The molecule has 1 rings (SSSR count). The van der Waals surface area contributed by atoms with Crippen molar-refractivity contribution in [2.24, 2.45) is 0 Å². The predicted octanol–water partition coefficient (Wildman–Crippen LogP) is 3.26. The zero-order chi connectivity index (χ0) is 15.0. The van der Waals surface area contributed by atoms with E-state index in [4.69, 9.17) is 16.3 Å².